The average molecular weight is 252 g/mol. The number of hydrogen-bond donors (Lipinski definition) is 1. The SMILES string of the molecule is CN1CCC(N(C)Cc2cccc(F)c2O)CC1. The number of benzene rings is 1. The summed E-state index contributed by atoms with van der Waals surface area (Å²) in [5.41, 5.74) is 0.663. The summed E-state index contributed by atoms with van der Waals surface area (Å²) in [6, 6.07) is 5.23. The minimum Gasteiger partial charge on any atom is -0.505 e. The molecule has 0 saturated carbocycles. The predicted octanol–water partition coefficient (Wildman–Crippen LogP) is 2.06. The molecule has 0 bridgehead atoms. The largest absolute Gasteiger partial charge is 0.505 e. The number of nitrogens with zero attached hydrogens (tertiary/aromatic N) is 2. The Morgan fingerprint density at radius 2 is 2.06 bits per heavy atom. The Kier molecular flexibility index (Phi) is 4.19. The molecular weight excluding hydrogens is 231 g/mol. The Balaban J connectivity index is 1.98. The molecule has 100 valence electrons. The van der Waals surface area contributed by atoms with Gasteiger partial charge < -0.3 is 10.0 Å². The molecular formula is C14H21FN2O. The van der Waals surface area contributed by atoms with Crippen molar-refractivity contribution in [2.45, 2.75) is 25.4 Å². The third kappa shape index (κ3) is 3.00. The Hall–Kier alpha value is -1.13. The Labute approximate surface area is 108 Å². The van der Waals surface area contributed by atoms with Crippen LogP contribution in [0.2, 0.25) is 0 Å². The van der Waals surface area contributed by atoms with Gasteiger partial charge in [0.25, 0.3) is 0 Å². The lowest BCUT2D eigenvalue weighted by Gasteiger charge is -2.35. The smallest absolute Gasteiger partial charge is 0.165 e. The summed E-state index contributed by atoms with van der Waals surface area (Å²) >= 11 is 0. The molecule has 4 heteroatoms. The fraction of sp³-hybridized carbons (Fsp3) is 0.571. The molecule has 3 nitrogen and oxygen atoms in total. The Morgan fingerprint density at radius 1 is 1.39 bits per heavy atom. The van der Waals surface area contributed by atoms with Crippen LogP contribution in [0.25, 0.3) is 0 Å². The molecule has 2 rings (SSSR count). The Bertz CT molecular complexity index is 403. The topological polar surface area (TPSA) is 26.7 Å². The normalized spacial score (nSPS) is 18.4. The molecule has 1 aromatic rings. The molecule has 0 unspecified atom stereocenters. The van der Waals surface area contributed by atoms with Crippen molar-refractivity contribution < 1.29 is 9.50 Å². The van der Waals surface area contributed by atoms with Crippen molar-refractivity contribution >= 4 is 0 Å². The summed E-state index contributed by atoms with van der Waals surface area (Å²) in [6.07, 6.45) is 2.26. The highest BCUT2D eigenvalue weighted by Gasteiger charge is 2.21. The van der Waals surface area contributed by atoms with E-state index in [9.17, 15) is 9.50 Å². The van der Waals surface area contributed by atoms with Gasteiger partial charge in [0, 0.05) is 18.2 Å². The maximum absolute atomic E-state index is 13.2. The van der Waals surface area contributed by atoms with E-state index >= 15 is 0 Å². The van der Waals surface area contributed by atoms with Gasteiger partial charge in [-0.15, -0.1) is 0 Å². The van der Waals surface area contributed by atoms with Crippen LogP contribution in [0.5, 0.6) is 5.75 Å². The van der Waals surface area contributed by atoms with E-state index in [2.05, 4.69) is 16.8 Å². The Morgan fingerprint density at radius 3 is 2.72 bits per heavy atom. The van der Waals surface area contributed by atoms with Crippen LogP contribution in [0.3, 0.4) is 0 Å². The first-order valence-corrected chi connectivity index (χ1v) is 6.43. The second kappa shape index (κ2) is 5.67. The second-order valence-electron chi connectivity index (χ2n) is 5.20. The molecule has 1 N–H and O–H groups in total. The molecule has 0 aromatic heterocycles. The van der Waals surface area contributed by atoms with Gasteiger partial charge in [-0.25, -0.2) is 4.39 Å². The molecule has 1 aromatic carbocycles. The molecule has 0 aliphatic carbocycles. The minimum atomic E-state index is -0.538. The van der Waals surface area contributed by atoms with Gasteiger partial charge in [0.1, 0.15) is 0 Å². The number of halogens is 1. The maximum Gasteiger partial charge on any atom is 0.165 e. The lowest BCUT2D eigenvalue weighted by Crippen LogP contribution is -2.41. The van der Waals surface area contributed by atoms with Crippen molar-refractivity contribution in [1.29, 1.82) is 0 Å². The van der Waals surface area contributed by atoms with Crippen LogP contribution in [0, 0.1) is 5.82 Å². The zero-order valence-corrected chi connectivity index (χ0v) is 11.1. The van der Waals surface area contributed by atoms with E-state index in [0.29, 0.717) is 18.2 Å². The fourth-order valence-electron chi connectivity index (χ4n) is 2.52. The van der Waals surface area contributed by atoms with Gasteiger partial charge in [0.05, 0.1) is 0 Å². The molecule has 1 aliphatic rings. The molecule has 1 heterocycles. The molecule has 0 radical (unpaired) electrons. The quantitative estimate of drug-likeness (QED) is 0.892. The third-order valence-corrected chi connectivity index (χ3v) is 3.80. The number of rotatable bonds is 3. The summed E-state index contributed by atoms with van der Waals surface area (Å²) in [5, 5.41) is 9.68. The number of likely N-dealkylation sites (tertiary alicyclic amines) is 1. The third-order valence-electron chi connectivity index (χ3n) is 3.80. The van der Waals surface area contributed by atoms with Crippen LogP contribution in [-0.4, -0.2) is 48.1 Å². The van der Waals surface area contributed by atoms with Crippen LogP contribution >= 0.6 is 0 Å². The van der Waals surface area contributed by atoms with Crippen LogP contribution in [0.1, 0.15) is 18.4 Å². The van der Waals surface area contributed by atoms with E-state index in [1.807, 2.05) is 7.05 Å². The van der Waals surface area contributed by atoms with Gasteiger partial charge in [-0.3, -0.25) is 4.90 Å². The highest BCUT2D eigenvalue weighted by molar-refractivity contribution is 5.33. The van der Waals surface area contributed by atoms with Crippen molar-refractivity contribution in [1.82, 2.24) is 9.80 Å². The van der Waals surface area contributed by atoms with E-state index < -0.39 is 5.82 Å². The van der Waals surface area contributed by atoms with Gasteiger partial charge in [-0.05, 0) is 46.1 Å². The molecule has 0 spiro atoms. The molecule has 1 fully saturated rings. The monoisotopic (exact) mass is 252 g/mol. The first-order chi connectivity index (χ1) is 8.58. The van der Waals surface area contributed by atoms with Crippen LogP contribution in [-0.2, 0) is 6.54 Å². The molecule has 1 aliphatic heterocycles. The summed E-state index contributed by atoms with van der Waals surface area (Å²) in [6.45, 7) is 2.80. The standard InChI is InChI=1S/C14H21FN2O/c1-16-8-6-12(7-9-16)17(2)10-11-4-3-5-13(15)14(11)18/h3-5,12,18H,6-10H2,1-2H3. The summed E-state index contributed by atoms with van der Waals surface area (Å²) < 4.78 is 13.2. The number of para-hydroxylation sites is 1. The van der Waals surface area contributed by atoms with Gasteiger partial charge in [-0.2, -0.15) is 0 Å². The molecule has 1 saturated heterocycles. The second-order valence-corrected chi connectivity index (χ2v) is 5.20. The summed E-state index contributed by atoms with van der Waals surface area (Å²) in [4.78, 5) is 4.53. The number of phenols is 1. The zero-order valence-electron chi connectivity index (χ0n) is 11.1. The first kappa shape index (κ1) is 13.3. The van der Waals surface area contributed by atoms with Crippen LogP contribution in [0.4, 0.5) is 4.39 Å². The molecule has 0 atom stereocenters. The highest BCUT2D eigenvalue weighted by atomic mass is 19.1. The lowest BCUT2D eigenvalue weighted by molar-refractivity contribution is 0.138. The van der Waals surface area contributed by atoms with Crippen molar-refractivity contribution in [2.75, 3.05) is 27.2 Å². The lowest BCUT2D eigenvalue weighted by atomic mass is 10.0. The van der Waals surface area contributed by atoms with E-state index in [4.69, 9.17) is 0 Å². The fourth-order valence-corrected chi connectivity index (χ4v) is 2.52. The van der Waals surface area contributed by atoms with E-state index in [0.717, 1.165) is 25.9 Å². The van der Waals surface area contributed by atoms with Crippen molar-refractivity contribution in [3.05, 3.63) is 29.6 Å². The van der Waals surface area contributed by atoms with Gasteiger partial charge in [-0.1, -0.05) is 12.1 Å². The van der Waals surface area contributed by atoms with Gasteiger partial charge in [0.2, 0.25) is 0 Å². The predicted molar refractivity (Wildman–Crippen MR) is 70.1 cm³/mol. The van der Waals surface area contributed by atoms with Crippen LogP contribution < -0.4 is 0 Å². The summed E-state index contributed by atoms with van der Waals surface area (Å²) in [5.74, 6) is -0.749. The van der Waals surface area contributed by atoms with Crippen molar-refractivity contribution in [2.24, 2.45) is 0 Å². The van der Waals surface area contributed by atoms with E-state index in [1.54, 1.807) is 12.1 Å². The molecule has 0 amide bonds. The van der Waals surface area contributed by atoms with Gasteiger partial charge >= 0.3 is 0 Å². The van der Waals surface area contributed by atoms with Gasteiger partial charge in [0.15, 0.2) is 11.6 Å². The van der Waals surface area contributed by atoms with E-state index in [1.165, 1.54) is 6.07 Å². The average Bonchev–Trinajstić information content (AvgIpc) is 2.36. The summed E-state index contributed by atoms with van der Waals surface area (Å²) in [7, 11) is 4.18. The van der Waals surface area contributed by atoms with Crippen molar-refractivity contribution in [3.8, 4) is 5.75 Å². The maximum atomic E-state index is 13.2. The number of aromatic hydroxyl groups is 1. The first-order valence-electron chi connectivity index (χ1n) is 6.43. The number of phenolic OH excluding ortho intramolecular Hbond substituents is 1. The number of piperidine rings is 1. The van der Waals surface area contributed by atoms with E-state index in [-0.39, 0.29) is 5.75 Å². The highest BCUT2D eigenvalue weighted by Crippen LogP contribution is 2.24. The van der Waals surface area contributed by atoms with Crippen LogP contribution in [0.15, 0.2) is 18.2 Å². The molecule has 18 heavy (non-hydrogen) atoms. The minimum absolute atomic E-state index is 0.211. The zero-order chi connectivity index (χ0) is 13.1. The number of hydrogen-bond acceptors (Lipinski definition) is 3. The van der Waals surface area contributed by atoms with Crippen molar-refractivity contribution in [3.63, 3.8) is 0 Å².